The average molecular weight is 184 g/mol. The van der Waals surface area contributed by atoms with Crippen molar-refractivity contribution in [3.63, 3.8) is 0 Å². The Balaban J connectivity index is 2.33. The monoisotopic (exact) mass is 184 g/mol. The number of pyridine rings is 1. The molecule has 3 heteroatoms. The largest absolute Gasteiger partial charge is 0.364 e. The van der Waals surface area contributed by atoms with Gasteiger partial charge in [0.15, 0.2) is 0 Å². The zero-order valence-electron chi connectivity index (χ0n) is 7.42. The van der Waals surface area contributed by atoms with E-state index in [0.29, 0.717) is 0 Å². The number of hydrogen-bond acceptors (Lipinski definition) is 2. The van der Waals surface area contributed by atoms with E-state index in [1.54, 1.807) is 6.26 Å². The Kier molecular flexibility index (Phi) is 1.44. The first-order chi connectivity index (χ1) is 6.95. The highest BCUT2D eigenvalue weighted by molar-refractivity contribution is 5.78. The molecule has 0 N–H and O–H groups in total. The van der Waals surface area contributed by atoms with Crippen molar-refractivity contribution in [2.75, 3.05) is 0 Å². The summed E-state index contributed by atoms with van der Waals surface area (Å²) >= 11 is 0. The van der Waals surface area contributed by atoms with Crippen molar-refractivity contribution in [2.45, 2.75) is 0 Å². The lowest BCUT2D eigenvalue weighted by Gasteiger charge is -1.94. The van der Waals surface area contributed by atoms with Gasteiger partial charge in [-0.3, -0.25) is 0 Å². The van der Waals surface area contributed by atoms with Gasteiger partial charge in [0, 0.05) is 24.0 Å². The van der Waals surface area contributed by atoms with Crippen LogP contribution in [0, 0.1) is 0 Å². The second-order valence-corrected chi connectivity index (χ2v) is 3.11. The third kappa shape index (κ3) is 0.956. The molecule has 3 heterocycles. The van der Waals surface area contributed by atoms with Crippen molar-refractivity contribution in [1.29, 1.82) is 0 Å². The topological polar surface area (TPSA) is 30.4 Å². The minimum atomic E-state index is 0.874. The molecule has 0 saturated heterocycles. The molecular weight excluding hydrogens is 176 g/mol. The van der Waals surface area contributed by atoms with Crippen molar-refractivity contribution >= 4 is 5.52 Å². The number of hydrogen-bond donors (Lipinski definition) is 0. The van der Waals surface area contributed by atoms with Gasteiger partial charge >= 0.3 is 0 Å². The van der Waals surface area contributed by atoms with Gasteiger partial charge in [0.05, 0.1) is 5.52 Å². The molecular formula is C11H8N2O. The second kappa shape index (κ2) is 2.73. The minimum absolute atomic E-state index is 0.874. The predicted molar refractivity (Wildman–Crippen MR) is 52.9 cm³/mol. The summed E-state index contributed by atoms with van der Waals surface area (Å²) in [5.74, 6) is 0. The van der Waals surface area contributed by atoms with Crippen LogP contribution in [0.3, 0.4) is 0 Å². The Morgan fingerprint density at radius 3 is 2.93 bits per heavy atom. The molecule has 0 saturated carbocycles. The molecule has 0 aliphatic heterocycles. The molecule has 3 aromatic rings. The lowest BCUT2D eigenvalue weighted by atomic mass is 10.2. The van der Waals surface area contributed by atoms with Crippen LogP contribution in [-0.2, 0) is 0 Å². The van der Waals surface area contributed by atoms with Gasteiger partial charge in [0.25, 0.3) is 0 Å². The zero-order chi connectivity index (χ0) is 9.38. The molecule has 0 spiro atoms. The fourth-order valence-corrected chi connectivity index (χ4v) is 1.62. The van der Waals surface area contributed by atoms with E-state index in [2.05, 4.69) is 15.6 Å². The first-order valence-electron chi connectivity index (χ1n) is 4.41. The molecule has 14 heavy (non-hydrogen) atoms. The van der Waals surface area contributed by atoms with Crippen molar-refractivity contribution in [3.8, 4) is 11.3 Å². The maximum absolute atomic E-state index is 4.83. The third-order valence-electron chi connectivity index (χ3n) is 2.28. The predicted octanol–water partition coefficient (Wildman–Crippen LogP) is 2.59. The normalized spacial score (nSPS) is 10.9. The van der Waals surface area contributed by atoms with Gasteiger partial charge in [-0.05, 0) is 18.2 Å². The maximum Gasteiger partial charge on any atom is 0.124 e. The number of fused-ring (bicyclic) bond motifs is 1. The SMILES string of the molecule is c1ccn2ccc(-c3ccon3)c2c1. The number of nitrogens with zero attached hydrogens (tertiary/aromatic N) is 2. The van der Waals surface area contributed by atoms with E-state index in [0.717, 1.165) is 16.8 Å². The van der Waals surface area contributed by atoms with Crippen LogP contribution in [-0.4, -0.2) is 9.56 Å². The highest BCUT2D eigenvalue weighted by Crippen LogP contribution is 2.23. The summed E-state index contributed by atoms with van der Waals surface area (Å²) in [7, 11) is 0. The Morgan fingerprint density at radius 1 is 1.07 bits per heavy atom. The molecule has 3 nitrogen and oxygen atoms in total. The summed E-state index contributed by atoms with van der Waals surface area (Å²) in [6, 6.07) is 9.97. The standard InChI is InChI=1S/C11H8N2O/c1-2-6-13-7-4-9(11(13)3-1)10-5-8-14-12-10/h1-8H. The summed E-state index contributed by atoms with van der Waals surface area (Å²) in [5, 5.41) is 3.92. The first-order valence-corrected chi connectivity index (χ1v) is 4.41. The van der Waals surface area contributed by atoms with Crippen molar-refractivity contribution < 1.29 is 4.52 Å². The van der Waals surface area contributed by atoms with Crippen LogP contribution in [0.4, 0.5) is 0 Å². The summed E-state index contributed by atoms with van der Waals surface area (Å²) in [6.45, 7) is 0. The molecule has 0 amide bonds. The minimum Gasteiger partial charge on any atom is -0.364 e. The third-order valence-corrected chi connectivity index (χ3v) is 2.28. The van der Waals surface area contributed by atoms with Crippen LogP contribution >= 0.6 is 0 Å². The van der Waals surface area contributed by atoms with E-state index in [9.17, 15) is 0 Å². The quantitative estimate of drug-likeness (QED) is 0.582. The van der Waals surface area contributed by atoms with Crippen molar-refractivity contribution in [2.24, 2.45) is 0 Å². The molecule has 3 aromatic heterocycles. The van der Waals surface area contributed by atoms with Crippen molar-refractivity contribution in [1.82, 2.24) is 9.56 Å². The molecule has 0 aromatic carbocycles. The molecule has 0 fully saturated rings. The van der Waals surface area contributed by atoms with Crippen LogP contribution in [0.2, 0.25) is 0 Å². The molecule has 68 valence electrons. The Bertz CT molecular complexity index is 551. The Hall–Kier alpha value is -2.03. The van der Waals surface area contributed by atoms with Crippen LogP contribution in [0.1, 0.15) is 0 Å². The fraction of sp³-hybridized carbons (Fsp3) is 0. The van der Waals surface area contributed by atoms with Crippen molar-refractivity contribution in [3.05, 3.63) is 49.0 Å². The van der Waals surface area contributed by atoms with E-state index in [1.165, 1.54) is 0 Å². The molecule has 0 aliphatic carbocycles. The molecule has 0 atom stereocenters. The van der Waals surface area contributed by atoms with Gasteiger partial charge in [0.1, 0.15) is 12.0 Å². The summed E-state index contributed by atoms with van der Waals surface area (Å²) < 4.78 is 6.89. The summed E-state index contributed by atoms with van der Waals surface area (Å²) in [4.78, 5) is 0. The zero-order valence-corrected chi connectivity index (χ0v) is 7.42. The smallest absolute Gasteiger partial charge is 0.124 e. The van der Waals surface area contributed by atoms with E-state index in [1.807, 2.05) is 36.7 Å². The summed E-state index contributed by atoms with van der Waals surface area (Å²) in [6.07, 6.45) is 5.61. The molecule has 0 bridgehead atoms. The molecule has 0 unspecified atom stereocenters. The lowest BCUT2D eigenvalue weighted by molar-refractivity contribution is 0.422. The first kappa shape index (κ1) is 7.38. The van der Waals surface area contributed by atoms with Crippen LogP contribution in [0.15, 0.2) is 53.5 Å². The molecule has 0 aliphatic rings. The molecule has 0 radical (unpaired) electrons. The van der Waals surface area contributed by atoms with Gasteiger partial charge in [-0.1, -0.05) is 11.2 Å². The fourth-order valence-electron chi connectivity index (χ4n) is 1.62. The van der Waals surface area contributed by atoms with Gasteiger partial charge in [-0.15, -0.1) is 0 Å². The highest BCUT2D eigenvalue weighted by Gasteiger charge is 2.06. The lowest BCUT2D eigenvalue weighted by Crippen LogP contribution is -1.80. The highest BCUT2D eigenvalue weighted by atomic mass is 16.5. The van der Waals surface area contributed by atoms with Gasteiger partial charge < -0.3 is 8.92 Å². The van der Waals surface area contributed by atoms with Gasteiger partial charge in [-0.25, -0.2) is 0 Å². The average Bonchev–Trinajstić information content (AvgIpc) is 2.85. The molecule has 3 rings (SSSR count). The van der Waals surface area contributed by atoms with Crippen LogP contribution in [0.5, 0.6) is 0 Å². The van der Waals surface area contributed by atoms with Gasteiger partial charge in [0.2, 0.25) is 0 Å². The van der Waals surface area contributed by atoms with Crippen LogP contribution in [0.25, 0.3) is 16.8 Å². The van der Waals surface area contributed by atoms with E-state index >= 15 is 0 Å². The maximum atomic E-state index is 4.83. The van der Waals surface area contributed by atoms with E-state index in [-0.39, 0.29) is 0 Å². The summed E-state index contributed by atoms with van der Waals surface area (Å²) in [5.41, 5.74) is 3.11. The van der Waals surface area contributed by atoms with E-state index in [4.69, 9.17) is 4.52 Å². The number of rotatable bonds is 1. The van der Waals surface area contributed by atoms with E-state index < -0.39 is 0 Å². The van der Waals surface area contributed by atoms with Crippen LogP contribution < -0.4 is 0 Å². The second-order valence-electron chi connectivity index (χ2n) is 3.11. The van der Waals surface area contributed by atoms with Gasteiger partial charge in [-0.2, -0.15) is 0 Å². The Labute approximate surface area is 80.6 Å². The Morgan fingerprint density at radius 2 is 2.07 bits per heavy atom. The number of aromatic nitrogens is 2.